The fourth-order valence-corrected chi connectivity index (χ4v) is 2.76. The minimum atomic E-state index is -4.69. The van der Waals surface area contributed by atoms with Crippen LogP contribution in [0.4, 0.5) is 13.2 Å². The first kappa shape index (κ1) is 20.5. The van der Waals surface area contributed by atoms with E-state index >= 15 is 0 Å². The zero-order valence-electron chi connectivity index (χ0n) is 15.3. The zero-order valence-corrected chi connectivity index (χ0v) is 15.3. The Hall–Kier alpha value is -3.23. The maximum Gasteiger partial charge on any atom is 0.417 e. The van der Waals surface area contributed by atoms with Gasteiger partial charge in [0.05, 0.1) is 11.1 Å². The molecule has 1 aliphatic heterocycles. The number of amides is 1. The number of carbonyl (C=O) groups excluding carboxylic acids is 2. The lowest BCUT2D eigenvalue weighted by Gasteiger charge is -2.18. The summed E-state index contributed by atoms with van der Waals surface area (Å²) in [5.74, 6) is -0.521. The molecule has 0 saturated carbocycles. The van der Waals surface area contributed by atoms with E-state index in [0.717, 1.165) is 17.7 Å². The number of nitrogens with one attached hydrogen (secondary N) is 1. The van der Waals surface area contributed by atoms with Gasteiger partial charge in [0, 0.05) is 6.54 Å². The van der Waals surface area contributed by atoms with Crippen molar-refractivity contribution in [2.45, 2.75) is 12.6 Å². The number of halogens is 3. The molecule has 0 aliphatic carbocycles. The van der Waals surface area contributed by atoms with Crippen molar-refractivity contribution >= 4 is 11.9 Å². The van der Waals surface area contributed by atoms with Crippen molar-refractivity contribution in [3.63, 3.8) is 0 Å². The molecule has 0 radical (unpaired) electrons. The molecule has 0 unspecified atom stereocenters. The molecule has 1 aliphatic rings. The molecule has 1 N–H and O–H groups in total. The Bertz CT molecular complexity index is 898. The van der Waals surface area contributed by atoms with E-state index in [1.54, 1.807) is 6.07 Å². The van der Waals surface area contributed by atoms with Gasteiger partial charge in [-0.15, -0.1) is 0 Å². The fraction of sp³-hybridized carbons (Fsp3) is 0.300. The van der Waals surface area contributed by atoms with E-state index in [4.69, 9.17) is 14.2 Å². The van der Waals surface area contributed by atoms with Crippen molar-refractivity contribution in [1.29, 1.82) is 0 Å². The quantitative estimate of drug-likeness (QED) is 0.743. The molecular weight excluding hydrogens is 391 g/mol. The molecule has 2 aromatic carbocycles. The Morgan fingerprint density at radius 1 is 1.03 bits per heavy atom. The predicted molar refractivity (Wildman–Crippen MR) is 95.9 cm³/mol. The Kier molecular flexibility index (Phi) is 6.26. The van der Waals surface area contributed by atoms with Gasteiger partial charge in [-0.05, 0) is 36.2 Å². The highest BCUT2D eigenvalue weighted by Crippen LogP contribution is 2.32. The van der Waals surface area contributed by atoms with Gasteiger partial charge in [-0.25, -0.2) is 4.79 Å². The van der Waals surface area contributed by atoms with Crippen LogP contribution in [-0.2, 0) is 22.1 Å². The van der Waals surface area contributed by atoms with E-state index in [1.165, 1.54) is 12.1 Å². The van der Waals surface area contributed by atoms with E-state index in [0.29, 0.717) is 31.1 Å². The van der Waals surface area contributed by atoms with Crippen LogP contribution in [0, 0.1) is 0 Å². The highest BCUT2D eigenvalue weighted by atomic mass is 19.4. The minimum absolute atomic E-state index is 0.259. The predicted octanol–water partition coefficient (Wildman–Crippen LogP) is 2.99. The first-order valence-electron chi connectivity index (χ1n) is 8.83. The normalized spacial score (nSPS) is 12.9. The first-order valence-corrected chi connectivity index (χ1v) is 8.83. The third kappa shape index (κ3) is 5.40. The van der Waals surface area contributed by atoms with Crippen LogP contribution >= 0.6 is 0 Å². The summed E-state index contributed by atoms with van der Waals surface area (Å²) < 4.78 is 54.4. The summed E-state index contributed by atoms with van der Waals surface area (Å²) in [4.78, 5) is 23.7. The third-order valence-electron chi connectivity index (χ3n) is 4.13. The third-order valence-corrected chi connectivity index (χ3v) is 4.13. The van der Waals surface area contributed by atoms with E-state index < -0.39 is 35.8 Å². The Morgan fingerprint density at radius 2 is 1.76 bits per heavy atom. The number of hydrogen-bond acceptors (Lipinski definition) is 5. The van der Waals surface area contributed by atoms with Crippen molar-refractivity contribution < 1.29 is 37.0 Å². The number of carbonyl (C=O) groups is 2. The van der Waals surface area contributed by atoms with Crippen molar-refractivity contribution in [1.82, 2.24) is 5.32 Å². The van der Waals surface area contributed by atoms with Crippen LogP contribution in [-0.4, -0.2) is 38.2 Å². The highest BCUT2D eigenvalue weighted by molar-refractivity contribution is 5.93. The van der Waals surface area contributed by atoms with Crippen LogP contribution in [0.25, 0.3) is 0 Å². The fourth-order valence-electron chi connectivity index (χ4n) is 2.76. The largest absolute Gasteiger partial charge is 0.486 e. The minimum Gasteiger partial charge on any atom is -0.486 e. The Labute approximate surface area is 164 Å². The molecule has 0 fully saturated rings. The molecule has 3 rings (SSSR count). The number of fused-ring (bicyclic) bond motifs is 1. The lowest BCUT2D eigenvalue weighted by Crippen LogP contribution is -2.30. The summed E-state index contributed by atoms with van der Waals surface area (Å²) in [6, 6.07) is 9.69. The molecule has 0 spiro atoms. The lowest BCUT2D eigenvalue weighted by molar-refractivity contribution is -0.138. The smallest absolute Gasteiger partial charge is 0.417 e. The second kappa shape index (κ2) is 8.85. The number of rotatable bonds is 6. The van der Waals surface area contributed by atoms with Crippen molar-refractivity contribution in [2.24, 2.45) is 0 Å². The molecule has 2 aromatic rings. The monoisotopic (exact) mass is 409 g/mol. The van der Waals surface area contributed by atoms with E-state index in [2.05, 4.69) is 5.32 Å². The van der Waals surface area contributed by atoms with Gasteiger partial charge in [0.15, 0.2) is 18.1 Å². The number of esters is 1. The van der Waals surface area contributed by atoms with E-state index in [1.807, 2.05) is 12.1 Å². The number of hydrogen-bond donors (Lipinski definition) is 1. The molecule has 1 heterocycles. The Morgan fingerprint density at radius 3 is 2.52 bits per heavy atom. The second-order valence-corrected chi connectivity index (χ2v) is 6.20. The second-order valence-electron chi connectivity index (χ2n) is 6.20. The summed E-state index contributed by atoms with van der Waals surface area (Å²) >= 11 is 0. The molecule has 0 bridgehead atoms. The zero-order chi connectivity index (χ0) is 20.9. The van der Waals surface area contributed by atoms with Gasteiger partial charge >= 0.3 is 12.1 Å². The van der Waals surface area contributed by atoms with Gasteiger partial charge in [0.1, 0.15) is 13.2 Å². The molecule has 1 amide bonds. The molecular formula is C20H18F3NO5. The van der Waals surface area contributed by atoms with Gasteiger partial charge in [0.25, 0.3) is 5.91 Å². The average molecular weight is 409 g/mol. The average Bonchev–Trinajstić information content (AvgIpc) is 2.71. The molecule has 0 aromatic heterocycles. The highest BCUT2D eigenvalue weighted by Gasteiger charge is 2.35. The van der Waals surface area contributed by atoms with Crippen LogP contribution in [0.3, 0.4) is 0 Å². The molecule has 0 saturated heterocycles. The van der Waals surface area contributed by atoms with Crippen molar-refractivity contribution in [2.75, 3.05) is 26.4 Å². The molecule has 29 heavy (non-hydrogen) atoms. The lowest BCUT2D eigenvalue weighted by atomic mass is 10.1. The molecule has 0 atom stereocenters. The van der Waals surface area contributed by atoms with Crippen molar-refractivity contribution in [3.8, 4) is 11.5 Å². The van der Waals surface area contributed by atoms with Gasteiger partial charge < -0.3 is 19.5 Å². The van der Waals surface area contributed by atoms with Crippen LogP contribution in [0.15, 0.2) is 42.5 Å². The van der Waals surface area contributed by atoms with Crippen LogP contribution < -0.4 is 14.8 Å². The summed E-state index contributed by atoms with van der Waals surface area (Å²) in [6.45, 7) is 0.548. The summed E-state index contributed by atoms with van der Waals surface area (Å²) in [5.41, 5.74) is -0.834. The maximum absolute atomic E-state index is 12.9. The number of ether oxygens (including phenoxy) is 3. The number of alkyl halides is 3. The van der Waals surface area contributed by atoms with Crippen LogP contribution in [0.1, 0.15) is 21.5 Å². The molecule has 6 nitrogen and oxygen atoms in total. The topological polar surface area (TPSA) is 73.9 Å². The molecule has 9 heteroatoms. The maximum atomic E-state index is 12.9. The SMILES string of the molecule is O=C(COC(=O)c1ccccc1C(F)(F)F)NCCc1ccc2c(c1)OCCO2. The van der Waals surface area contributed by atoms with Gasteiger partial charge in [-0.2, -0.15) is 13.2 Å². The van der Waals surface area contributed by atoms with Crippen LogP contribution in [0.5, 0.6) is 11.5 Å². The summed E-state index contributed by atoms with van der Waals surface area (Å²) in [7, 11) is 0. The first-order chi connectivity index (χ1) is 13.8. The van der Waals surface area contributed by atoms with Crippen LogP contribution in [0.2, 0.25) is 0 Å². The van der Waals surface area contributed by atoms with Gasteiger partial charge in [-0.3, -0.25) is 4.79 Å². The van der Waals surface area contributed by atoms with Crippen molar-refractivity contribution in [3.05, 3.63) is 59.2 Å². The summed E-state index contributed by atoms with van der Waals surface area (Å²) in [5, 5.41) is 2.55. The Balaban J connectivity index is 1.46. The number of benzene rings is 2. The standard InChI is InChI=1S/C20H18F3NO5/c21-20(22,23)15-4-2-1-3-14(15)19(26)29-12-18(25)24-8-7-13-5-6-16-17(11-13)28-10-9-27-16/h1-6,11H,7-10,12H2,(H,24,25). The van der Waals surface area contributed by atoms with E-state index in [9.17, 15) is 22.8 Å². The van der Waals surface area contributed by atoms with Gasteiger partial charge in [0.2, 0.25) is 0 Å². The van der Waals surface area contributed by atoms with E-state index in [-0.39, 0.29) is 6.54 Å². The summed E-state index contributed by atoms with van der Waals surface area (Å²) in [6.07, 6.45) is -4.20. The van der Waals surface area contributed by atoms with Gasteiger partial charge in [-0.1, -0.05) is 18.2 Å². The molecule has 154 valence electrons.